The highest BCUT2D eigenvalue weighted by molar-refractivity contribution is 7.99. The number of nitrogens with zero attached hydrogens (tertiary/aromatic N) is 7. The van der Waals surface area contributed by atoms with Gasteiger partial charge in [0.2, 0.25) is 5.78 Å². The van der Waals surface area contributed by atoms with Crippen LogP contribution in [0.5, 0.6) is 0 Å². The van der Waals surface area contributed by atoms with Gasteiger partial charge in [0.15, 0.2) is 10.8 Å². The zero-order chi connectivity index (χ0) is 24.1. The Morgan fingerprint density at radius 2 is 1.77 bits per heavy atom. The van der Waals surface area contributed by atoms with Gasteiger partial charge in [-0.3, -0.25) is 13.6 Å². The Hall–Kier alpha value is -4.18. The van der Waals surface area contributed by atoms with Gasteiger partial charge in [0, 0.05) is 11.9 Å². The van der Waals surface area contributed by atoms with Crippen LogP contribution in [0.2, 0.25) is 0 Å². The van der Waals surface area contributed by atoms with E-state index in [0.717, 1.165) is 22.3 Å². The fourth-order valence-corrected chi connectivity index (χ4v) is 5.24. The summed E-state index contributed by atoms with van der Waals surface area (Å²) in [5.74, 6) is 1.01. The van der Waals surface area contributed by atoms with Crippen molar-refractivity contribution in [3.05, 3.63) is 98.8 Å². The fraction of sp³-hybridized carbons (Fsp3) is 0.160. The summed E-state index contributed by atoms with van der Waals surface area (Å²) < 4.78 is 6.51. The van der Waals surface area contributed by atoms with Crippen LogP contribution in [-0.2, 0) is 6.54 Å². The Labute approximate surface area is 203 Å². The van der Waals surface area contributed by atoms with Crippen molar-refractivity contribution in [3.63, 3.8) is 0 Å². The smallest absolute Gasteiger partial charge is 0.268 e. The largest absolute Gasteiger partial charge is 0.350 e. The predicted molar refractivity (Wildman–Crippen MR) is 136 cm³/mol. The van der Waals surface area contributed by atoms with Crippen LogP contribution in [0.4, 0.5) is 0 Å². The van der Waals surface area contributed by atoms with Crippen LogP contribution in [-0.4, -0.2) is 39.1 Å². The zero-order valence-corrected chi connectivity index (χ0v) is 19.9. The molecule has 0 saturated carbocycles. The van der Waals surface area contributed by atoms with E-state index >= 15 is 0 Å². The SMILES string of the molecule is Cc1ccc(-n2c(=O)c3ccccc3n3c(SCCn4nc5ccccn5c4=O)nnc23)c(C)c1. The number of pyridine rings is 1. The van der Waals surface area contributed by atoms with Gasteiger partial charge in [-0.2, -0.15) is 0 Å². The van der Waals surface area contributed by atoms with E-state index in [1.54, 1.807) is 22.9 Å². The maximum Gasteiger partial charge on any atom is 0.350 e. The molecule has 0 unspecified atom stereocenters. The summed E-state index contributed by atoms with van der Waals surface area (Å²) in [6.45, 7) is 4.42. The standard InChI is InChI=1S/C25H21N7O2S/c1-16-10-11-19(17(2)15-16)31-22(33)18-7-3-4-8-20(18)32-23(31)26-27-24(32)35-14-13-30-25(34)29-12-6-5-9-21(29)28-30/h3-12,15H,13-14H2,1-2H3. The van der Waals surface area contributed by atoms with Crippen molar-refractivity contribution >= 4 is 34.1 Å². The first kappa shape index (κ1) is 21.4. The maximum absolute atomic E-state index is 13.5. The molecule has 35 heavy (non-hydrogen) atoms. The molecule has 0 fully saturated rings. The number of hydrogen-bond donors (Lipinski definition) is 0. The van der Waals surface area contributed by atoms with Crippen molar-refractivity contribution in [1.82, 2.24) is 33.3 Å². The fourth-order valence-electron chi connectivity index (χ4n) is 4.38. The van der Waals surface area contributed by atoms with Gasteiger partial charge in [-0.25, -0.2) is 14.0 Å². The monoisotopic (exact) mass is 483 g/mol. The summed E-state index contributed by atoms with van der Waals surface area (Å²) in [4.78, 5) is 26.1. The van der Waals surface area contributed by atoms with Crippen molar-refractivity contribution in [2.45, 2.75) is 25.5 Å². The van der Waals surface area contributed by atoms with Crippen molar-refractivity contribution < 1.29 is 0 Å². The Bertz CT molecular complexity index is 1860. The molecule has 0 bridgehead atoms. The highest BCUT2D eigenvalue weighted by atomic mass is 32.2. The lowest BCUT2D eigenvalue weighted by atomic mass is 10.1. The third kappa shape index (κ3) is 3.45. The number of thioether (sulfide) groups is 1. The molecule has 0 atom stereocenters. The Morgan fingerprint density at radius 1 is 0.943 bits per heavy atom. The van der Waals surface area contributed by atoms with Gasteiger partial charge in [0.05, 0.1) is 23.1 Å². The van der Waals surface area contributed by atoms with E-state index in [1.165, 1.54) is 20.8 Å². The number of para-hydroxylation sites is 1. The van der Waals surface area contributed by atoms with Gasteiger partial charge < -0.3 is 0 Å². The average Bonchev–Trinajstić information content (AvgIpc) is 3.42. The molecule has 0 spiro atoms. The minimum Gasteiger partial charge on any atom is -0.268 e. The van der Waals surface area contributed by atoms with Crippen LogP contribution >= 0.6 is 11.8 Å². The van der Waals surface area contributed by atoms with E-state index in [-0.39, 0.29) is 11.2 Å². The molecule has 0 radical (unpaired) electrons. The van der Waals surface area contributed by atoms with E-state index in [9.17, 15) is 9.59 Å². The van der Waals surface area contributed by atoms with E-state index < -0.39 is 0 Å². The lowest BCUT2D eigenvalue weighted by Crippen LogP contribution is -2.23. The molecular weight excluding hydrogens is 462 g/mol. The minimum absolute atomic E-state index is 0.139. The molecule has 4 aromatic heterocycles. The lowest BCUT2D eigenvalue weighted by molar-refractivity contribution is 0.639. The van der Waals surface area contributed by atoms with Crippen LogP contribution in [0, 0.1) is 13.8 Å². The number of hydrogen-bond acceptors (Lipinski definition) is 6. The molecule has 0 aliphatic carbocycles. The first-order valence-electron chi connectivity index (χ1n) is 11.2. The molecule has 0 aliphatic rings. The molecule has 0 saturated heterocycles. The summed E-state index contributed by atoms with van der Waals surface area (Å²) >= 11 is 1.47. The van der Waals surface area contributed by atoms with Gasteiger partial charge in [-0.05, 0) is 49.7 Å². The van der Waals surface area contributed by atoms with Crippen molar-refractivity contribution in [2.75, 3.05) is 5.75 Å². The van der Waals surface area contributed by atoms with E-state index in [4.69, 9.17) is 0 Å². The lowest BCUT2D eigenvalue weighted by Gasteiger charge is -2.13. The number of aryl methyl sites for hydroxylation is 3. The summed E-state index contributed by atoms with van der Waals surface area (Å²) in [6.07, 6.45) is 1.71. The zero-order valence-electron chi connectivity index (χ0n) is 19.1. The molecule has 4 heterocycles. The summed E-state index contributed by atoms with van der Waals surface area (Å²) in [5, 5.41) is 14.5. The molecule has 2 aromatic carbocycles. The minimum atomic E-state index is -0.179. The Morgan fingerprint density at radius 3 is 2.60 bits per heavy atom. The Kier molecular flexibility index (Phi) is 5.03. The molecule has 0 N–H and O–H groups in total. The summed E-state index contributed by atoms with van der Waals surface area (Å²) in [6, 6.07) is 18.9. The number of aromatic nitrogens is 7. The van der Waals surface area contributed by atoms with Crippen LogP contribution in [0.3, 0.4) is 0 Å². The van der Waals surface area contributed by atoms with E-state index in [1.807, 2.05) is 66.8 Å². The van der Waals surface area contributed by atoms with Gasteiger partial charge in [0.25, 0.3) is 5.56 Å². The Balaban J connectivity index is 1.44. The second-order valence-corrected chi connectivity index (χ2v) is 9.41. The van der Waals surface area contributed by atoms with Crippen molar-refractivity contribution in [1.29, 1.82) is 0 Å². The van der Waals surface area contributed by atoms with E-state index in [0.29, 0.717) is 34.3 Å². The first-order chi connectivity index (χ1) is 17.0. The number of benzene rings is 2. The van der Waals surface area contributed by atoms with Crippen LogP contribution in [0.25, 0.3) is 28.0 Å². The van der Waals surface area contributed by atoms with Crippen molar-refractivity contribution in [3.8, 4) is 5.69 Å². The molecule has 10 heteroatoms. The number of fused-ring (bicyclic) bond motifs is 4. The summed E-state index contributed by atoms with van der Waals surface area (Å²) in [7, 11) is 0. The quantitative estimate of drug-likeness (QED) is 0.350. The highest BCUT2D eigenvalue weighted by Crippen LogP contribution is 2.24. The summed E-state index contributed by atoms with van der Waals surface area (Å²) in [5.41, 5.74) is 3.91. The molecule has 6 aromatic rings. The van der Waals surface area contributed by atoms with Gasteiger partial charge >= 0.3 is 5.69 Å². The second kappa shape index (κ2) is 8.24. The highest BCUT2D eigenvalue weighted by Gasteiger charge is 2.19. The van der Waals surface area contributed by atoms with Crippen LogP contribution in [0.15, 0.2) is 81.6 Å². The number of rotatable bonds is 5. The third-order valence-electron chi connectivity index (χ3n) is 6.01. The van der Waals surface area contributed by atoms with Gasteiger partial charge in [-0.15, -0.1) is 15.3 Å². The molecule has 0 aliphatic heterocycles. The van der Waals surface area contributed by atoms with Gasteiger partial charge in [0.1, 0.15) is 0 Å². The maximum atomic E-state index is 13.5. The molecule has 9 nitrogen and oxygen atoms in total. The molecule has 6 rings (SSSR count). The molecule has 0 amide bonds. The van der Waals surface area contributed by atoms with Crippen LogP contribution in [0.1, 0.15) is 11.1 Å². The van der Waals surface area contributed by atoms with Crippen LogP contribution < -0.4 is 11.2 Å². The third-order valence-corrected chi connectivity index (χ3v) is 6.92. The first-order valence-corrected chi connectivity index (χ1v) is 12.1. The molecular formula is C25H21N7O2S. The predicted octanol–water partition coefficient (Wildman–Crippen LogP) is 3.25. The second-order valence-electron chi connectivity index (χ2n) is 8.35. The average molecular weight is 484 g/mol. The van der Waals surface area contributed by atoms with E-state index in [2.05, 4.69) is 15.3 Å². The van der Waals surface area contributed by atoms with Crippen molar-refractivity contribution in [2.24, 2.45) is 0 Å². The van der Waals surface area contributed by atoms with Gasteiger partial charge in [-0.1, -0.05) is 47.7 Å². The molecule has 174 valence electrons. The topological polar surface area (TPSA) is 91.5 Å². The normalized spacial score (nSPS) is 11.7.